The van der Waals surface area contributed by atoms with Crippen molar-refractivity contribution in [3.63, 3.8) is 0 Å². The Labute approximate surface area is 99.5 Å². The lowest BCUT2D eigenvalue weighted by Gasteiger charge is -2.18. The summed E-state index contributed by atoms with van der Waals surface area (Å²) in [6.07, 6.45) is -7.44. The van der Waals surface area contributed by atoms with Gasteiger partial charge in [0.2, 0.25) is 10.0 Å². The molecule has 18 heavy (non-hydrogen) atoms. The van der Waals surface area contributed by atoms with Gasteiger partial charge in [-0.3, -0.25) is 0 Å². The molecule has 0 unspecified atom stereocenters. The van der Waals surface area contributed by atoms with Gasteiger partial charge in [0.25, 0.3) is 5.92 Å². The zero-order chi connectivity index (χ0) is 14.2. The summed E-state index contributed by atoms with van der Waals surface area (Å²) in [5.41, 5.74) is -1.05. The second-order valence-corrected chi connectivity index (χ2v) is 5.13. The summed E-state index contributed by atoms with van der Waals surface area (Å²) >= 11 is 0. The van der Waals surface area contributed by atoms with Crippen molar-refractivity contribution in [2.45, 2.75) is 23.4 Å². The molecule has 0 aliphatic carbocycles. The molecule has 0 saturated heterocycles. The highest BCUT2D eigenvalue weighted by Gasteiger charge is 2.44. The summed E-state index contributed by atoms with van der Waals surface area (Å²) in [5.74, 6) is -4.21. The number of alkyl halides is 5. The van der Waals surface area contributed by atoms with Crippen LogP contribution in [0.3, 0.4) is 0 Å². The van der Waals surface area contributed by atoms with Gasteiger partial charge in [-0.2, -0.15) is 13.2 Å². The lowest BCUT2D eigenvalue weighted by molar-refractivity contribution is -0.191. The zero-order valence-electron chi connectivity index (χ0n) is 8.71. The minimum atomic E-state index is -5.07. The quantitative estimate of drug-likeness (QED) is 0.868. The zero-order valence-corrected chi connectivity index (χ0v) is 9.52. The number of benzene rings is 1. The van der Waals surface area contributed by atoms with Crippen LogP contribution in [-0.2, 0) is 15.9 Å². The molecule has 0 aliphatic rings. The Morgan fingerprint density at radius 3 is 2.11 bits per heavy atom. The standard InChI is InChI=1S/C9H8F5NO2S/c10-8(11,5-9(12,13)14)6-2-1-3-7(4-6)18(15,16)17/h1-4H,5H2,(H2,15,16,17). The Morgan fingerprint density at radius 1 is 1.11 bits per heavy atom. The summed E-state index contributed by atoms with van der Waals surface area (Å²) in [6.45, 7) is 0. The molecule has 0 bridgehead atoms. The molecule has 1 aromatic carbocycles. The first-order chi connectivity index (χ1) is 7.92. The first-order valence-corrected chi connectivity index (χ1v) is 6.04. The number of hydrogen-bond acceptors (Lipinski definition) is 2. The van der Waals surface area contributed by atoms with Gasteiger partial charge in [-0.1, -0.05) is 12.1 Å². The van der Waals surface area contributed by atoms with Crippen LogP contribution in [0.15, 0.2) is 29.2 Å². The molecule has 1 aromatic rings. The van der Waals surface area contributed by atoms with E-state index in [0.717, 1.165) is 12.1 Å². The van der Waals surface area contributed by atoms with Crippen molar-refractivity contribution in [1.82, 2.24) is 0 Å². The highest BCUT2D eigenvalue weighted by Crippen LogP contribution is 2.39. The lowest BCUT2D eigenvalue weighted by Crippen LogP contribution is -2.24. The Kier molecular flexibility index (Phi) is 3.68. The van der Waals surface area contributed by atoms with Gasteiger partial charge in [0.1, 0.15) is 6.42 Å². The second kappa shape index (κ2) is 4.47. The van der Waals surface area contributed by atoms with Gasteiger partial charge in [-0.05, 0) is 12.1 Å². The fourth-order valence-corrected chi connectivity index (χ4v) is 1.81. The molecule has 0 aliphatic heterocycles. The maximum absolute atomic E-state index is 13.3. The summed E-state index contributed by atoms with van der Waals surface area (Å²) in [7, 11) is -4.24. The van der Waals surface area contributed by atoms with Crippen LogP contribution in [0, 0.1) is 0 Å². The van der Waals surface area contributed by atoms with E-state index in [1.807, 2.05) is 0 Å². The normalized spacial score (nSPS) is 13.7. The highest BCUT2D eigenvalue weighted by atomic mass is 32.2. The molecule has 3 nitrogen and oxygen atoms in total. The molecule has 1 rings (SSSR count). The maximum Gasteiger partial charge on any atom is 0.395 e. The van der Waals surface area contributed by atoms with E-state index in [1.165, 1.54) is 0 Å². The van der Waals surface area contributed by atoms with Crippen LogP contribution in [-0.4, -0.2) is 14.6 Å². The van der Waals surface area contributed by atoms with E-state index in [2.05, 4.69) is 0 Å². The van der Waals surface area contributed by atoms with E-state index in [4.69, 9.17) is 5.14 Å². The minimum Gasteiger partial charge on any atom is -0.225 e. The van der Waals surface area contributed by atoms with Gasteiger partial charge in [0.05, 0.1) is 4.90 Å². The van der Waals surface area contributed by atoms with Gasteiger partial charge >= 0.3 is 6.18 Å². The fraction of sp³-hybridized carbons (Fsp3) is 0.333. The molecule has 0 radical (unpaired) electrons. The fourth-order valence-electron chi connectivity index (χ4n) is 1.25. The molecule has 0 atom stereocenters. The van der Waals surface area contributed by atoms with Crippen LogP contribution in [0.4, 0.5) is 22.0 Å². The van der Waals surface area contributed by atoms with Gasteiger partial charge in [0, 0.05) is 5.56 Å². The molecular weight excluding hydrogens is 281 g/mol. The first kappa shape index (κ1) is 14.8. The van der Waals surface area contributed by atoms with Crippen molar-refractivity contribution in [2.75, 3.05) is 0 Å². The number of primary sulfonamides is 1. The van der Waals surface area contributed by atoms with Crippen molar-refractivity contribution < 1.29 is 30.4 Å². The summed E-state index contributed by atoms with van der Waals surface area (Å²) in [4.78, 5) is -0.665. The Bertz CT molecular complexity index is 538. The van der Waals surface area contributed by atoms with Crippen molar-refractivity contribution in [3.8, 4) is 0 Å². The highest BCUT2D eigenvalue weighted by molar-refractivity contribution is 7.89. The minimum absolute atomic E-state index is 0.432. The van der Waals surface area contributed by atoms with Crippen molar-refractivity contribution >= 4 is 10.0 Å². The smallest absolute Gasteiger partial charge is 0.225 e. The third kappa shape index (κ3) is 3.91. The van der Waals surface area contributed by atoms with E-state index >= 15 is 0 Å². The van der Waals surface area contributed by atoms with Gasteiger partial charge in [-0.15, -0.1) is 0 Å². The van der Waals surface area contributed by atoms with E-state index in [9.17, 15) is 30.4 Å². The molecule has 0 amide bonds. The predicted octanol–water partition coefficient (Wildman–Crippen LogP) is 2.38. The van der Waals surface area contributed by atoms with Crippen molar-refractivity contribution in [2.24, 2.45) is 5.14 Å². The monoisotopic (exact) mass is 289 g/mol. The summed E-state index contributed by atoms with van der Waals surface area (Å²) < 4.78 is 84.2. The Hall–Kier alpha value is -1.22. The predicted molar refractivity (Wildman–Crippen MR) is 52.4 cm³/mol. The van der Waals surface area contributed by atoms with E-state index < -0.39 is 39.0 Å². The molecule has 0 heterocycles. The molecular formula is C9H8F5NO2S. The number of hydrogen-bond donors (Lipinski definition) is 1. The maximum atomic E-state index is 13.3. The molecule has 102 valence electrons. The number of rotatable bonds is 3. The van der Waals surface area contributed by atoms with Gasteiger partial charge in [0.15, 0.2) is 0 Å². The third-order valence-corrected chi connectivity index (χ3v) is 2.92. The Morgan fingerprint density at radius 2 is 1.67 bits per heavy atom. The molecule has 0 aromatic heterocycles. The summed E-state index contributed by atoms with van der Waals surface area (Å²) in [6, 6.07) is 2.96. The molecule has 9 heteroatoms. The van der Waals surface area contributed by atoms with Gasteiger partial charge < -0.3 is 0 Å². The third-order valence-electron chi connectivity index (χ3n) is 2.01. The molecule has 2 N–H and O–H groups in total. The Balaban J connectivity index is 3.18. The van der Waals surface area contributed by atoms with E-state index in [1.54, 1.807) is 0 Å². The van der Waals surface area contributed by atoms with Crippen molar-refractivity contribution in [3.05, 3.63) is 29.8 Å². The van der Waals surface area contributed by atoms with Gasteiger partial charge in [-0.25, -0.2) is 22.3 Å². The van der Waals surface area contributed by atoms with Crippen LogP contribution in [0.25, 0.3) is 0 Å². The molecule has 0 fully saturated rings. The average molecular weight is 289 g/mol. The largest absolute Gasteiger partial charge is 0.395 e. The van der Waals surface area contributed by atoms with Crippen LogP contribution >= 0.6 is 0 Å². The van der Waals surface area contributed by atoms with Crippen LogP contribution < -0.4 is 5.14 Å². The average Bonchev–Trinajstić information content (AvgIpc) is 2.13. The number of sulfonamides is 1. The van der Waals surface area contributed by atoms with Crippen LogP contribution in [0.2, 0.25) is 0 Å². The topological polar surface area (TPSA) is 60.2 Å². The van der Waals surface area contributed by atoms with E-state index in [-0.39, 0.29) is 0 Å². The first-order valence-electron chi connectivity index (χ1n) is 4.50. The second-order valence-electron chi connectivity index (χ2n) is 3.57. The van der Waals surface area contributed by atoms with E-state index in [0.29, 0.717) is 12.1 Å². The summed E-state index contributed by atoms with van der Waals surface area (Å²) in [5, 5.41) is 4.70. The molecule has 0 saturated carbocycles. The van der Waals surface area contributed by atoms with Crippen LogP contribution in [0.1, 0.15) is 12.0 Å². The number of nitrogens with two attached hydrogens (primary N) is 1. The van der Waals surface area contributed by atoms with Crippen molar-refractivity contribution in [1.29, 1.82) is 0 Å². The van der Waals surface area contributed by atoms with Crippen LogP contribution in [0.5, 0.6) is 0 Å². The molecule has 0 spiro atoms. The number of halogens is 5. The lowest BCUT2D eigenvalue weighted by atomic mass is 10.1. The SMILES string of the molecule is NS(=O)(=O)c1cccc(C(F)(F)CC(F)(F)F)c1.